The topological polar surface area (TPSA) is 69.6 Å². The molecular weight excluding hydrogens is 334 g/mol. The van der Waals surface area contributed by atoms with E-state index in [9.17, 15) is 0 Å². The van der Waals surface area contributed by atoms with Crippen molar-refractivity contribution >= 4 is 11.8 Å². The molecule has 2 aromatic heterocycles. The Morgan fingerprint density at radius 2 is 2.08 bits per heavy atom. The van der Waals surface area contributed by atoms with Crippen molar-refractivity contribution in [2.24, 2.45) is 0 Å². The largest absolute Gasteiger partial charge is 0.444 e. The molecule has 130 valence electrons. The van der Waals surface area contributed by atoms with Crippen LogP contribution >= 0.6 is 11.8 Å². The number of nitrogens with zero attached hydrogens (tertiary/aromatic N) is 5. The molecule has 0 spiro atoms. The number of benzene rings is 1. The van der Waals surface area contributed by atoms with Gasteiger partial charge in [-0.2, -0.15) is 0 Å². The number of thioether (sulfide) groups is 1. The molecule has 4 rings (SSSR count). The lowest BCUT2D eigenvalue weighted by atomic mass is 10.1. The van der Waals surface area contributed by atoms with Crippen molar-refractivity contribution < 1.29 is 4.42 Å². The third-order valence-corrected chi connectivity index (χ3v) is 5.61. The number of hydrogen-bond acceptors (Lipinski definition) is 6. The lowest BCUT2D eigenvalue weighted by molar-refractivity contribution is 0.423. The average molecular weight is 355 g/mol. The average Bonchev–Trinajstić information content (AvgIpc) is 3.33. The standard InChI is InChI=1S/C18H21N5OS/c1-12-7-8-16(13(2)9-12)17-19-14(10-24-17)11-25-18-20-21-22-23(18)15-5-3-4-6-15/h7-10,15H,3-6,11H2,1-2H3. The van der Waals surface area contributed by atoms with Gasteiger partial charge in [-0.3, -0.25) is 0 Å². The molecule has 0 atom stereocenters. The highest BCUT2D eigenvalue weighted by Crippen LogP contribution is 2.32. The van der Waals surface area contributed by atoms with Gasteiger partial charge in [-0.25, -0.2) is 9.67 Å². The lowest BCUT2D eigenvalue weighted by Gasteiger charge is -2.10. The summed E-state index contributed by atoms with van der Waals surface area (Å²) in [5, 5.41) is 13.1. The fourth-order valence-electron chi connectivity index (χ4n) is 3.35. The smallest absolute Gasteiger partial charge is 0.226 e. The molecule has 25 heavy (non-hydrogen) atoms. The second-order valence-electron chi connectivity index (χ2n) is 6.60. The molecule has 0 radical (unpaired) electrons. The summed E-state index contributed by atoms with van der Waals surface area (Å²) in [7, 11) is 0. The van der Waals surface area contributed by atoms with E-state index >= 15 is 0 Å². The molecule has 1 aromatic carbocycles. The maximum Gasteiger partial charge on any atom is 0.226 e. The van der Waals surface area contributed by atoms with Crippen LogP contribution in [0.25, 0.3) is 11.5 Å². The zero-order valence-electron chi connectivity index (χ0n) is 14.5. The first-order chi connectivity index (χ1) is 12.2. The SMILES string of the molecule is Cc1ccc(-c2nc(CSc3nnnn3C3CCCC3)co2)c(C)c1. The summed E-state index contributed by atoms with van der Waals surface area (Å²) in [6, 6.07) is 6.73. The van der Waals surface area contributed by atoms with Gasteiger partial charge in [0.05, 0.1) is 11.7 Å². The Kier molecular flexibility index (Phi) is 4.57. The number of aryl methyl sites for hydroxylation is 2. The molecule has 0 amide bonds. The minimum Gasteiger partial charge on any atom is -0.444 e. The van der Waals surface area contributed by atoms with E-state index in [1.165, 1.54) is 36.8 Å². The quantitative estimate of drug-likeness (QED) is 0.634. The highest BCUT2D eigenvalue weighted by atomic mass is 32.2. The van der Waals surface area contributed by atoms with Crippen molar-refractivity contribution in [2.45, 2.75) is 56.5 Å². The van der Waals surface area contributed by atoms with Crippen LogP contribution in [-0.2, 0) is 5.75 Å². The van der Waals surface area contributed by atoms with E-state index in [4.69, 9.17) is 4.42 Å². The summed E-state index contributed by atoms with van der Waals surface area (Å²) in [5.41, 5.74) is 4.35. The maximum atomic E-state index is 5.69. The van der Waals surface area contributed by atoms with Crippen LogP contribution in [0.1, 0.15) is 48.5 Å². The highest BCUT2D eigenvalue weighted by Gasteiger charge is 2.22. The van der Waals surface area contributed by atoms with Crippen LogP contribution in [0.3, 0.4) is 0 Å². The van der Waals surface area contributed by atoms with Crippen molar-refractivity contribution in [2.75, 3.05) is 0 Å². The predicted octanol–water partition coefficient (Wildman–Crippen LogP) is 4.35. The molecule has 0 bridgehead atoms. The second-order valence-corrected chi connectivity index (χ2v) is 7.54. The first-order valence-corrected chi connectivity index (χ1v) is 9.62. The van der Waals surface area contributed by atoms with E-state index < -0.39 is 0 Å². The lowest BCUT2D eigenvalue weighted by Crippen LogP contribution is -2.08. The van der Waals surface area contributed by atoms with Crippen LogP contribution in [0.2, 0.25) is 0 Å². The van der Waals surface area contributed by atoms with E-state index in [1.54, 1.807) is 18.0 Å². The van der Waals surface area contributed by atoms with Gasteiger partial charge in [0, 0.05) is 11.3 Å². The van der Waals surface area contributed by atoms with Gasteiger partial charge < -0.3 is 4.42 Å². The van der Waals surface area contributed by atoms with Crippen LogP contribution in [0.4, 0.5) is 0 Å². The van der Waals surface area contributed by atoms with Gasteiger partial charge in [-0.1, -0.05) is 42.3 Å². The zero-order chi connectivity index (χ0) is 17.2. The Morgan fingerprint density at radius 1 is 1.24 bits per heavy atom. The highest BCUT2D eigenvalue weighted by molar-refractivity contribution is 7.98. The minimum absolute atomic E-state index is 0.445. The molecule has 0 N–H and O–H groups in total. The molecule has 7 heteroatoms. The fraction of sp³-hybridized carbons (Fsp3) is 0.444. The first kappa shape index (κ1) is 16.3. The molecule has 3 aromatic rings. The molecule has 2 heterocycles. The number of tetrazole rings is 1. The summed E-state index contributed by atoms with van der Waals surface area (Å²) < 4.78 is 7.66. The molecular formula is C18H21N5OS. The van der Waals surface area contributed by atoms with Crippen LogP contribution in [0.5, 0.6) is 0 Å². The summed E-state index contributed by atoms with van der Waals surface area (Å²) in [4.78, 5) is 4.63. The first-order valence-electron chi connectivity index (χ1n) is 8.63. The summed E-state index contributed by atoms with van der Waals surface area (Å²) in [6.45, 7) is 4.17. The predicted molar refractivity (Wildman–Crippen MR) is 96.3 cm³/mol. The Balaban J connectivity index is 1.46. The van der Waals surface area contributed by atoms with Gasteiger partial charge in [-0.05, 0) is 48.7 Å². The van der Waals surface area contributed by atoms with Crippen LogP contribution in [0.15, 0.2) is 34.0 Å². The fourth-order valence-corrected chi connectivity index (χ4v) is 4.17. The van der Waals surface area contributed by atoms with Crippen molar-refractivity contribution in [3.05, 3.63) is 41.3 Å². The van der Waals surface area contributed by atoms with Gasteiger partial charge in [-0.15, -0.1) is 5.10 Å². The van der Waals surface area contributed by atoms with Crippen molar-refractivity contribution in [3.63, 3.8) is 0 Å². The van der Waals surface area contributed by atoms with Gasteiger partial charge >= 0.3 is 0 Å². The molecule has 0 aliphatic heterocycles. The summed E-state index contributed by atoms with van der Waals surface area (Å²) in [6.07, 6.45) is 6.58. The molecule has 0 saturated heterocycles. The van der Waals surface area contributed by atoms with E-state index in [0.29, 0.717) is 17.7 Å². The monoisotopic (exact) mass is 355 g/mol. The molecule has 6 nitrogen and oxygen atoms in total. The maximum absolute atomic E-state index is 5.69. The van der Waals surface area contributed by atoms with E-state index in [0.717, 1.165) is 16.4 Å². The number of oxazole rings is 1. The molecule has 1 fully saturated rings. The van der Waals surface area contributed by atoms with Crippen LogP contribution < -0.4 is 0 Å². The van der Waals surface area contributed by atoms with Gasteiger partial charge in [0.25, 0.3) is 0 Å². The Bertz CT molecular complexity index is 866. The number of rotatable bonds is 5. The van der Waals surface area contributed by atoms with Gasteiger partial charge in [0.15, 0.2) is 0 Å². The van der Waals surface area contributed by atoms with Crippen LogP contribution in [-0.4, -0.2) is 25.2 Å². The zero-order valence-corrected chi connectivity index (χ0v) is 15.3. The molecule has 1 saturated carbocycles. The number of hydrogen-bond donors (Lipinski definition) is 0. The number of aromatic nitrogens is 5. The minimum atomic E-state index is 0.445. The molecule has 0 unspecified atom stereocenters. The Hall–Kier alpha value is -2.15. The molecule has 1 aliphatic carbocycles. The Labute approximate surface area is 151 Å². The van der Waals surface area contributed by atoms with E-state index in [1.807, 2.05) is 4.68 Å². The van der Waals surface area contributed by atoms with Crippen molar-refractivity contribution in [3.8, 4) is 11.5 Å². The van der Waals surface area contributed by atoms with Crippen molar-refractivity contribution in [1.82, 2.24) is 25.2 Å². The summed E-state index contributed by atoms with van der Waals surface area (Å²) in [5.74, 6) is 1.37. The van der Waals surface area contributed by atoms with Crippen molar-refractivity contribution in [1.29, 1.82) is 0 Å². The van der Waals surface area contributed by atoms with Gasteiger partial charge in [0.1, 0.15) is 6.26 Å². The van der Waals surface area contributed by atoms with Crippen LogP contribution in [0, 0.1) is 13.8 Å². The Morgan fingerprint density at radius 3 is 2.88 bits per heavy atom. The third-order valence-electron chi connectivity index (χ3n) is 4.65. The van der Waals surface area contributed by atoms with E-state index in [-0.39, 0.29) is 0 Å². The third kappa shape index (κ3) is 3.46. The second kappa shape index (κ2) is 7.00. The van der Waals surface area contributed by atoms with Gasteiger partial charge in [0.2, 0.25) is 11.0 Å². The normalized spacial score (nSPS) is 15.1. The molecule has 1 aliphatic rings. The summed E-state index contributed by atoms with van der Waals surface area (Å²) >= 11 is 1.61. The van der Waals surface area contributed by atoms with E-state index in [2.05, 4.69) is 52.6 Å².